The Morgan fingerprint density at radius 1 is 1.02 bits per heavy atom. The van der Waals surface area contributed by atoms with E-state index in [1.54, 1.807) is 7.11 Å². The molecule has 12 heteroatoms. The highest BCUT2D eigenvalue weighted by molar-refractivity contribution is 6.04. The van der Waals surface area contributed by atoms with Gasteiger partial charge in [0.2, 0.25) is 5.88 Å². The van der Waals surface area contributed by atoms with Crippen molar-refractivity contribution in [3.05, 3.63) is 41.5 Å². The molecule has 0 spiro atoms. The fourth-order valence-corrected chi connectivity index (χ4v) is 9.02. The van der Waals surface area contributed by atoms with Gasteiger partial charge in [0.05, 0.1) is 32.0 Å². The number of terminal acetylenes is 1. The Balaban J connectivity index is 1.24. The molecule has 2 saturated carbocycles. The predicted molar refractivity (Wildman–Crippen MR) is 189 cm³/mol. The average Bonchev–Trinajstić information content (AvgIpc) is 3.37. The summed E-state index contributed by atoms with van der Waals surface area (Å²) in [6, 6.07) is 6.48. The molecule has 4 heterocycles. The van der Waals surface area contributed by atoms with Crippen LogP contribution in [-0.2, 0) is 9.47 Å². The number of phenolic OH excluding ortho intramolecular Hbond substituents is 1. The van der Waals surface area contributed by atoms with Crippen LogP contribution in [0.2, 0.25) is 0 Å². The van der Waals surface area contributed by atoms with E-state index in [-0.39, 0.29) is 50.8 Å². The van der Waals surface area contributed by atoms with Gasteiger partial charge in [0.1, 0.15) is 34.0 Å². The van der Waals surface area contributed by atoms with E-state index in [0.717, 1.165) is 57.9 Å². The molecule has 2 saturated heterocycles. The van der Waals surface area contributed by atoms with Crippen LogP contribution in [0.15, 0.2) is 24.3 Å². The van der Waals surface area contributed by atoms with Crippen molar-refractivity contribution in [1.29, 1.82) is 0 Å². The second kappa shape index (κ2) is 13.7. The predicted octanol–water partition coefficient (Wildman–Crippen LogP) is 6.24. The van der Waals surface area contributed by atoms with E-state index in [4.69, 9.17) is 35.3 Å². The van der Waals surface area contributed by atoms with Gasteiger partial charge in [-0.1, -0.05) is 18.4 Å². The number of fused-ring (bicyclic) bond motifs is 3. The zero-order chi connectivity index (χ0) is 35.3. The summed E-state index contributed by atoms with van der Waals surface area (Å²) < 4.78 is 55.9. The second-order valence-corrected chi connectivity index (χ2v) is 14.3. The number of rotatable bonds is 8. The monoisotopic (exact) mass is 699 g/mol. The summed E-state index contributed by atoms with van der Waals surface area (Å²) in [6.45, 7) is 3.70. The van der Waals surface area contributed by atoms with Crippen molar-refractivity contribution in [1.82, 2.24) is 19.9 Å². The van der Waals surface area contributed by atoms with Gasteiger partial charge in [-0.3, -0.25) is 4.90 Å². The van der Waals surface area contributed by atoms with Gasteiger partial charge in [0, 0.05) is 55.3 Å². The van der Waals surface area contributed by atoms with Crippen molar-refractivity contribution in [2.45, 2.75) is 69.6 Å². The third kappa shape index (κ3) is 5.89. The maximum Gasteiger partial charge on any atom is 0.319 e. The summed E-state index contributed by atoms with van der Waals surface area (Å²) in [7, 11) is 3.24. The van der Waals surface area contributed by atoms with Crippen molar-refractivity contribution in [2.75, 3.05) is 58.6 Å². The fourth-order valence-electron chi connectivity index (χ4n) is 9.02. The number of anilines is 1. The lowest BCUT2D eigenvalue weighted by molar-refractivity contribution is -0.0845. The highest BCUT2D eigenvalue weighted by atomic mass is 19.1. The van der Waals surface area contributed by atoms with Crippen LogP contribution >= 0.6 is 0 Å². The Morgan fingerprint density at radius 2 is 1.86 bits per heavy atom. The Labute approximate surface area is 296 Å². The topological polar surface area (TPSA) is 102 Å². The third-order valence-corrected chi connectivity index (χ3v) is 11.6. The summed E-state index contributed by atoms with van der Waals surface area (Å²) in [6.07, 6.45) is 14.4. The molecule has 1 N–H and O–H groups in total. The van der Waals surface area contributed by atoms with Crippen LogP contribution in [0.3, 0.4) is 0 Å². The van der Waals surface area contributed by atoms with E-state index >= 15 is 8.78 Å². The molecule has 1 unspecified atom stereocenters. The molecule has 2 aromatic heterocycles. The summed E-state index contributed by atoms with van der Waals surface area (Å²) in [5.74, 6) is 1.33. The van der Waals surface area contributed by atoms with Crippen LogP contribution in [0.1, 0.15) is 56.9 Å². The number of piperidine rings is 1. The Hall–Kier alpha value is -4.31. The van der Waals surface area contributed by atoms with E-state index in [9.17, 15) is 5.11 Å². The molecule has 2 atom stereocenters. The van der Waals surface area contributed by atoms with E-state index < -0.39 is 11.6 Å². The first-order valence-electron chi connectivity index (χ1n) is 18.0. The molecule has 2 aliphatic heterocycles. The Kier molecular flexibility index (Phi) is 9.07. The highest BCUT2D eigenvalue weighted by Gasteiger charge is 2.51. The lowest BCUT2D eigenvalue weighted by Crippen LogP contribution is -2.59. The Bertz CT molecular complexity index is 2010. The molecule has 2 aliphatic carbocycles. The van der Waals surface area contributed by atoms with Gasteiger partial charge in [0.15, 0.2) is 5.82 Å². The molecular formula is C39H43F2N5O5. The molecule has 0 bridgehead atoms. The SMILES string of the molecule is C#Cc1c(F)ccc2cc(O)cc(-c3nc(OC)c4c(N5CCCOCC5)nc(OC[C@]56CCCC5N(C5CC(OC)C5)CCC6)nc4c3F)c12. The van der Waals surface area contributed by atoms with Crippen LogP contribution in [0.5, 0.6) is 17.6 Å². The van der Waals surface area contributed by atoms with E-state index in [1.165, 1.54) is 31.4 Å². The van der Waals surface area contributed by atoms with Gasteiger partial charge >= 0.3 is 6.01 Å². The number of halogens is 2. The lowest BCUT2D eigenvalue weighted by atomic mass is 9.73. The van der Waals surface area contributed by atoms with Gasteiger partial charge in [-0.2, -0.15) is 9.97 Å². The van der Waals surface area contributed by atoms with Crippen LogP contribution in [0.4, 0.5) is 14.6 Å². The molecular weight excluding hydrogens is 656 g/mol. The molecule has 0 radical (unpaired) electrons. The molecule has 10 nitrogen and oxygen atoms in total. The van der Waals surface area contributed by atoms with Crippen molar-refractivity contribution >= 4 is 27.5 Å². The summed E-state index contributed by atoms with van der Waals surface area (Å²) >= 11 is 0. The minimum atomic E-state index is -0.789. The number of nitrogens with zero attached hydrogens (tertiary/aromatic N) is 5. The van der Waals surface area contributed by atoms with Crippen LogP contribution in [0.25, 0.3) is 32.9 Å². The van der Waals surface area contributed by atoms with Gasteiger partial charge in [-0.25, -0.2) is 13.8 Å². The number of phenols is 1. The standard InChI is InChI=1S/C39H43F2N5O5/c1-4-27-29(40)10-9-23-18-25(47)21-28(31(23)27)34-33(41)35-32(37(42-34)49-3)36(45-13-7-16-50-17-15-45)44-38(43-35)51-22-39-11-5-8-30(39)46(14-6-12-39)24-19-26(20-24)48-2/h1,9-10,18,21,24,26,30,47H,5-8,11-17,19-20,22H2,2-3H3/t24?,26?,30?,39-/m1/s1. The van der Waals surface area contributed by atoms with Gasteiger partial charge in [-0.15, -0.1) is 6.42 Å². The number of hydrogen-bond acceptors (Lipinski definition) is 10. The molecule has 4 aliphatic rings. The maximum atomic E-state index is 17.2. The first-order valence-corrected chi connectivity index (χ1v) is 18.0. The number of aromatic nitrogens is 3. The molecule has 4 aromatic rings. The summed E-state index contributed by atoms with van der Waals surface area (Å²) in [4.78, 5) is 19.0. The third-order valence-electron chi connectivity index (χ3n) is 11.6. The number of benzene rings is 2. The quantitative estimate of drug-likeness (QED) is 0.213. The minimum absolute atomic E-state index is 0.0528. The van der Waals surface area contributed by atoms with Gasteiger partial charge in [-0.05, 0) is 75.1 Å². The number of hydrogen-bond donors (Lipinski definition) is 1. The van der Waals surface area contributed by atoms with Gasteiger partial charge < -0.3 is 29.0 Å². The van der Waals surface area contributed by atoms with Crippen molar-refractivity contribution in [3.8, 4) is 41.2 Å². The fraction of sp³-hybridized carbons (Fsp3) is 0.513. The smallest absolute Gasteiger partial charge is 0.319 e. The molecule has 8 rings (SSSR count). The number of aromatic hydroxyl groups is 1. The van der Waals surface area contributed by atoms with Crippen LogP contribution < -0.4 is 14.4 Å². The van der Waals surface area contributed by atoms with Crippen molar-refractivity contribution in [2.24, 2.45) is 5.41 Å². The first-order chi connectivity index (χ1) is 24.8. The van der Waals surface area contributed by atoms with Crippen LogP contribution in [-0.4, -0.2) is 96.8 Å². The molecule has 268 valence electrons. The first kappa shape index (κ1) is 33.8. The van der Waals surface area contributed by atoms with Crippen LogP contribution in [0, 0.1) is 29.4 Å². The average molecular weight is 700 g/mol. The summed E-state index contributed by atoms with van der Waals surface area (Å²) in [5, 5.41) is 11.7. The normalized spacial score (nSPS) is 25.3. The van der Waals surface area contributed by atoms with Crippen molar-refractivity contribution < 1.29 is 32.8 Å². The highest BCUT2D eigenvalue weighted by Crippen LogP contribution is 2.50. The minimum Gasteiger partial charge on any atom is -0.508 e. The zero-order valence-electron chi connectivity index (χ0n) is 29.1. The largest absolute Gasteiger partial charge is 0.508 e. The van der Waals surface area contributed by atoms with Gasteiger partial charge in [0.25, 0.3) is 0 Å². The second-order valence-electron chi connectivity index (χ2n) is 14.3. The van der Waals surface area contributed by atoms with Crippen molar-refractivity contribution in [3.63, 3.8) is 0 Å². The lowest BCUT2D eigenvalue weighted by Gasteiger charge is -2.53. The molecule has 0 amide bonds. The number of pyridine rings is 1. The maximum absolute atomic E-state index is 17.2. The number of ether oxygens (including phenoxy) is 4. The Morgan fingerprint density at radius 3 is 2.67 bits per heavy atom. The zero-order valence-corrected chi connectivity index (χ0v) is 29.1. The number of likely N-dealkylation sites (tertiary alicyclic amines) is 1. The summed E-state index contributed by atoms with van der Waals surface area (Å²) in [5.41, 5.74) is -0.248. The molecule has 4 fully saturated rings. The molecule has 2 aromatic carbocycles. The van der Waals surface area contributed by atoms with E-state index in [2.05, 4.69) is 15.8 Å². The number of methoxy groups -OCH3 is 2. The van der Waals surface area contributed by atoms with E-state index in [1.807, 2.05) is 4.90 Å². The van der Waals surface area contributed by atoms with E-state index in [0.29, 0.717) is 67.7 Å². The molecule has 51 heavy (non-hydrogen) atoms.